The van der Waals surface area contributed by atoms with Crippen LogP contribution in [0.25, 0.3) is 0 Å². The molecule has 3 aliphatic heterocycles. The van der Waals surface area contributed by atoms with Crippen LogP contribution in [-0.2, 0) is 25.7 Å². The van der Waals surface area contributed by atoms with Gasteiger partial charge in [0.05, 0.1) is 25.0 Å². The van der Waals surface area contributed by atoms with Crippen LogP contribution in [0.15, 0.2) is 60.7 Å². The van der Waals surface area contributed by atoms with Gasteiger partial charge >= 0.3 is 0 Å². The fourth-order valence-electron chi connectivity index (χ4n) is 6.67. The van der Waals surface area contributed by atoms with E-state index >= 15 is 0 Å². The number of anilines is 1. The SMILES string of the molecule is COc1ccc(NC(=O)[C@H]2[C@@H]3C=C[C@]4(O3)[C@@H]2C(=O)N(Cc2ccccc2Cl)[C@@H]4C(=O)NC2CCCCC2)cc1. The van der Waals surface area contributed by atoms with Crippen LogP contribution in [0.2, 0.25) is 5.02 Å². The van der Waals surface area contributed by atoms with Crippen LogP contribution in [0.5, 0.6) is 5.75 Å². The van der Waals surface area contributed by atoms with Gasteiger partial charge in [0.25, 0.3) is 0 Å². The number of carbonyl (C=O) groups excluding carboxylic acids is 3. The summed E-state index contributed by atoms with van der Waals surface area (Å²) in [5.41, 5.74) is 0.104. The summed E-state index contributed by atoms with van der Waals surface area (Å²) in [6.07, 6.45) is 8.19. The second kappa shape index (κ2) is 10.3. The minimum Gasteiger partial charge on any atom is -0.497 e. The van der Waals surface area contributed by atoms with Crippen LogP contribution in [-0.4, -0.2) is 53.5 Å². The summed E-state index contributed by atoms with van der Waals surface area (Å²) in [4.78, 5) is 43.2. The maximum absolute atomic E-state index is 14.1. The molecule has 2 bridgehead atoms. The van der Waals surface area contributed by atoms with Crippen molar-refractivity contribution in [2.24, 2.45) is 11.8 Å². The molecule has 6 rings (SSSR count). The Balaban J connectivity index is 1.32. The van der Waals surface area contributed by atoms with E-state index in [1.165, 1.54) is 0 Å². The van der Waals surface area contributed by atoms with E-state index in [1.807, 2.05) is 30.4 Å². The molecule has 1 aliphatic carbocycles. The zero-order valence-corrected chi connectivity index (χ0v) is 22.5. The number of benzene rings is 2. The summed E-state index contributed by atoms with van der Waals surface area (Å²) in [6.45, 7) is 0.147. The van der Waals surface area contributed by atoms with Gasteiger partial charge in [-0.15, -0.1) is 0 Å². The van der Waals surface area contributed by atoms with Gasteiger partial charge < -0.3 is 25.0 Å². The summed E-state index contributed by atoms with van der Waals surface area (Å²) >= 11 is 6.46. The van der Waals surface area contributed by atoms with Gasteiger partial charge in [-0.3, -0.25) is 14.4 Å². The molecule has 39 heavy (non-hydrogen) atoms. The molecule has 3 heterocycles. The van der Waals surface area contributed by atoms with E-state index in [2.05, 4.69) is 10.6 Å². The van der Waals surface area contributed by atoms with Gasteiger partial charge in [-0.1, -0.05) is 61.2 Å². The number of nitrogens with zero attached hydrogens (tertiary/aromatic N) is 1. The molecule has 3 fully saturated rings. The first kappa shape index (κ1) is 25.9. The maximum Gasteiger partial charge on any atom is 0.246 e. The van der Waals surface area contributed by atoms with Gasteiger partial charge in [-0.25, -0.2) is 0 Å². The first-order chi connectivity index (χ1) is 18.9. The number of likely N-dealkylation sites (tertiary alicyclic amines) is 1. The van der Waals surface area contributed by atoms with E-state index in [0.29, 0.717) is 16.5 Å². The Morgan fingerprint density at radius 3 is 2.54 bits per heavy atom. The summed E-state index contributed by atoms with van der Waals surface area (Å²) < 4.78 is 11.6. The van der Waals surface area contributed by atoms with Crippen molar-refractivity contribution in [1.82, 2.24) is 10.2 Å². The molecule has 204 valence electrons. The Labute approximate surface area is 232 Å². The maximum atomic E-state index is 14.1. The third kappa shape index (κ3) is 4.49. The summed E-state index contributed by atoms with van der Waals surface area (Å²) in [6, 6.07) is 13.5. The highest BCUT2D eigenvalue weighted by molar-refractivity contribution is 6.31. The lowest BCUT2D eigenvalue weighted by Gasteiger charge is -2.34. The Kier molecular flexibility index (Phi) is 6.85. The van der Waals surface area contributed by atoms with E-state index in [1.54, 1.807) is 42.3 Å². The van der Waals surface area contributed by atoms with Crippen LogP contribution in [0.1, 0.15) is 37.7 Å². The molecule has 5 atom stereocenters. The van der Waals surface area contributed by atoms with E-state index in [4.69, 9.17) is 21.1 Å². The highest BCUT2D eigenvalue weighted by atomic mass is 35.5. The molecule has 1 spiro atoms. The fourth-order valence-corrected chi connectivity index (χ4v) is 6.87. The molecule has 0 aromatic heterocycles. The van der Waals surface area contributed by atoms with Gasteiger partial charge in [0.2, 0.25) is 17.7 Å². The number of carbonyl (C=O) groups is 3. The van der Waals surface area contributed by atoms with E-state index in [-0.39, 0.29) is 30.3 Å². The molecule has 0 radical (unpaired) electrons. The van der Waals surface area contributed by atoms with Gasteiger partial charge in [-0.2, -0.15) is 0 Å². The van der Waals surface area contributed by atoms with Crippen LogP contribution in [0.4, 0.5) is 5.69 Å². The predicted octanol–water partition coefficient (Wildman–Crippen LogP) is 4.09. The highest BCUT2D eigenvalue weighted by Gasteiger charge is 2.72. The van der Waals surface area contributed by atoms with Gasteiger partial charge in [0.15, 0.2) is 0 Å². The lowest BCUT2D eigenvalue weighted by atomic mass is 9.74. The minimum atomic E-state index is -1.22. The lowest BCUT2D eigenvalue weighted by molar-refractivity contribution is -0.142. The topological polar surface area (TPSA) is 97.0 Å². The first-order valence-corrected chi connectivity index (χ1v) is 14.0. The van der Waals surface area contributed by atoms with Crippen LogP contribution < -0.4 is 15.4 Å². The lowest BCUT2D eigenvalue weighted by Crippen LogP contribution is -2.56. The normalized spacial score (nSPS) is 29.4. The summed E-state index contributed by atoms with van der Waals surface area (Å²) in [5, 5.41) is 6.65. The zero-order valence-electron chi connectivity index (χ0n) is 21.8. The van der Waals surface area contributed by atoms with E-state index < -0.39 is 29.6 Å². The Bertz CT molecular complexity index is 1310. The number of methoxy groups -OCH3 is 1. The van der Waals surface area contributed by atoms with Crippen molar-refractivity contribution >= 4 is 35.0 Å². The van der Waals surface area contributed by atoms with Crippen LogP contribution in [0, 0.1) is 11.8 Å². The van der Waals surface area contributed by atoms with E-state index in [0.717, 1.165) is 37.7 Å². The second-order valence-corrected chi connectivity index (χ2v) is 11.2. The number of ether oxygens (including phenoxy) is 2. The van der Waals surface area contributed by atoms with E-state index in [9.17, 15) is 14.4 Å². The zero-order chi connectivity index (χ0) is 27.1. The van der Waals surface area contributed by atoms with Gasteiger partial charge in [0.1, 0.15) is 17.4 Å². The minimum absolute atomic E-state index is 0.0655. The molecule has 2 aromatic carbocycles. The molecule has 4 aliphatic rings. The van der Waals surface area contributed by atoms with Crippen molar-refractivity contribution in [3.05, 3.63) is 71.3 Å². The average molecular weight is 550 g/mol. The molecular formula is C30H32ClN3O5. The smallest absolute Gasteiger partial charge is 0.246 e. The number of halogens is 1. The van der Waals surface area contributed by atoms with Crippen molar-refractivity contribution < 1.29 is 23.9 Å². The quantitative estimate of drug-likeness (QED) is 0.507. The van der Waals surface area contributed by atoms with Crippen molar-refractivity contribution in [1.29, 1.82) is 0 Å². The van der Waals surface area contributed by atoms with Crippen LogP contribution >= 0.6 is 11.6 Å². The molecule has 3 amide bonds. The molecule has 9 heteroatoms. The summed E-state index contributed by atoms with van der Waals surface area (Å²) in [5.74, 6) is -1.76. The van der Waals surface area contributed by atoms with Crippen molar-refractivity contribution in [2.45, 2.75) is 62.4 Å². The van der Waals surface area contributed by atoms with Crippen LogP contribution in [0.3, 0.4) is 0 Å². The number of rotatable bonds is 7. The number of hydrogen-bond acceptors (Lipinski definition) is 5. The molecule has 2 saturated heterocycles. The standard InChI is InChI=1S/C30H32ClN3O5/c1-38-21-13-11-20(12-14-21)32-27(35)24-23-15-16-30(39-23)25(24)29(37)34(17-18-7-5-6-10-22(18)31)26(30)28(36)33-19-8-3-2-4-9-19/h5-7,10-16,19,23-26H,2-4,8-9,17H2,1H3,(H,32,35)(H,33,36)/t23-,24-,25-,26+,30-/m0/s1. The molecule has 8 nitrogen and oxygen atoms in total. The average Bonchev–Trinajstić information content (AvgIpc) is 3.58. The summed E-state index contributed by atoms with van der Waals surface area (Å²) in [7, 11) is 1.58. The number of hydrogen-bond donors (Lipinski definition) is 2. The van der Waals surface area contributed by atoms with Crippen molar-refractivity contribution in [3.63, 3.8) is 0 Å². The highest BCUT2D eigenvalue weighted by Crippen LogP contribution is 2.55. The predicted molar refractivity (Wildman–Crippen MR) is 146 cm³/mol. The van der Waals surface area contributed by atoms with Crippen molar-refractivity contribution in [3.8, 4) is 5.75 Å². The van der Waals surface area contributed by atoms with Gasteiger partial charge in [-0.05, 0) is 48.7 Å². The molecule has 2 aromatic rings. The third-order valence-electron chi connectivity index (χ3n) is 8.53. The Morgan fingerprint density at radius 1 is 1.08 bits per heavy atom. The molecular weight excluding hydrogens is 518 g/mol. The second-order valence-electron chi connectivity index (χ2n) is 10.8. The Hall–Kier alpha value is -3.36. The third-order valence-corrected chi connectivity index (χ3v) is 8.90. The van der Waals surface area contributed by atoms with Crippen molar-refractivity contribution in [2.75, 3.05) is 12.4 Å². The Morgan fingerprint density at radius 2 is 1.82 bits per heavy atom. The largest absolute Gasteiger partial charge is 0.497 e. The molecule has 0 unspecified atom stereocenters. The number of fused-ring (bicyclic) bond motifs is 1. The number of nitrogens with one attached hydrogen (secondary N) is 2. The molecule has 2 N–H and O–H groups in total. The monoisotopic (exact) mass is 549 g/mol. The first-order valence-electron chi connectivity index (χ1n) is 13.6. The fraction of sp³-hybridized carbons (Fsp3) is 0.433. The van der Waals surface area contributed by atoms with Gasteiger partial charge in [0, 0.05) is 23.3 Å². The number of amides is 3. The molecule has 1 saturated carbocycles.